The second-order valence-corrected chi connectivity index (χ2v) is 9.62. The van der Waals surface area contributed by atoms with E-state index in [1.807, 2.05) is 0 Å². The highest BCUT2D eigenvalue weighted by molar-refractivity contribution is 14.0. The van der Waals surface area contributed by atoms with Crippen molar-refractivity contribution in [3.05, 3.63) is 0 Å². The second kappa shape index (κ2) is 13.2. The van der Waals surface area contributed by atoms with Gasteiger partial charge in [0.15, 0.2) is 5.96 Å². The van der Waals surface area contributed by atoms with E-state index in [0.29, 0.717) is 19.0 Å². The molecule has 146 valence electrons. The molecule has 1 atom stereocenters. The maximum atomic E-state index is 11.3. The van der Waals surface area contributed by atoms with Gasteiger partial charge in [-0.1, -0.05) is 46.5 Å². The van der Waals surface area contributed by atoms with Crippen molar-refractivity contribution in [2.24, 2.45) is 10.4 Å². The Morgan fingerprint density at radius 2 is 1.83 bits per heavy atom. The van der Waals surface area contributed by atoms with Gasteiger partial charge in [0, 0.05) is 25.9 Å². The molecule has 0 radical (unpaired) electrons. The third kappa shape index (κ3) is 15.5. The SMILES string of the molecule is CCCCCCC(C)NC(=NC)NCC(C)(C)CCS(C)(=O)=O.I. The second-order valence-electron chi connectivity index (χ2n) is 7.36. The zero-order valence-electron chi connectivity index (χ0n) is 16.3. The Bertz CT molecular complexity index is 451. The highest BCUT2D eigenvalue weighted by Gasteiger charge is 2.20. The summed E-state index contributed by atoms with van der Waals surface area (Å²) in [5.41, 5.74) is -0.0922. The molecule has 5 nitrogen and oxygen atoms in total. The first-order chi connectivity index (χ1) is 10.6. The molecule has 1 unspecified atom stereocenters. The Morgan fingerprint density at radius 3 is 2.33 bits per heavy atom. The van der Waals surface area contributed by atoms with Gasteiger partial charge in [-0.3, -0.25) is 4.99 Å². The summed E-state index contributed by atoms with van der Waals surface area (Å²) in [5, 5.41) is 6.73. The van der Waals surface area contributed by atoms with E-state index in [-0.39, 0.29) is 35.1 Å². The number of guanidine groups is 1. The standard InChI is InChI=1S/C17H37N3O2S.HI/c1-7-8-9-10-11-15(2)20-16(18-5)19-14-17(3,4)12-13-23(6,21)22;/h15H,7-14H2,1-6H3,(H2,18,19,20);1H. The summed E-state index contributed by atoms with van der Waals surface area (Å²) in [5.74, 6) is 1.02. The van der Waals surface area contributed by atoms with Crippen molar-refractivity contribution in [3.8, 4) is 0 Å². The molecule has 0 aromatic carbocycles. The highest BCUT2D eigenvalue weighted by Crippen LogP contribution is 2.19. The van der Waals surface area contributed by atoms with Crippen LogP contribution in [0.2, 0.25) is 0 Å². The summed E-state index contributed by atoms with van der Waals surface area (Å²) < 4.78 is 22.6. The molecule has 0 aliphatic rings. The van der Waals surface area contributed by atoms with E-state index in [4.69, 9.17) is 0 Å². The lowest BCUT2D eigenvalue weighted by Crippen LogP contribution is -2.45. The minimum Gasteiger partial charge on any atom is -0.356 e. The minimum absolute atomic E-state index is 0. The predicted molar refractivity (Wildman–Crippen MR) is 116 cm³/mol. The summed E-state index contributed by atoms with van der Waals surface area (Å²) in [4.78, 5) is 4.26. The topological polar surface area (TPSA) is 70.6 Å². The predicted octanol–water partition coefficient (Wildman–Crippen LogP) is 3.59. The van der Waals surface area contributed by atoms with E-state index in [1.165, 1.54) is 31.9 Å². The van der Waals surface area contributed by atoms with E-state index in [1.54, 1.807) is 7.05 Å². The van der Waals surface area contributed by atoms with Gasteiger partial charge >= 0.3 is 0 Å². The number of nitrogens with one attached hydrogen (secondary N) is 2. The third-order valence-corrected chi connectivity index (χ3v) is 4.93. The number of hydrogen-bond donors (Lipinski definition) is 2. The van der Waals surface area contributed by atoms with Crippen molar-refractivity contribution in [3.63, 3.8) is 0 Å². The number of rotatable bonds is 11. The molecule has 0 heterocycles. The summed E-state index contributed by atoms with van der Waals surface area (Å²) in [6, 6.07) is 0.386. The quantitative estimate of drug-likeness (QED) is 0.207. The van der Waals surface area contributed by atoms with Crippen molar-refractivity contribution < 1.29 is 8.42 Å². The molecule has 0 saturated carbocycles. The van der Waals surface area contributed by atoms with Gasteiger partial charge in [-0.25, -0.2) is 8.42 Å². The summed E-state index contributed by atoms with van der Waals surface area (Å²) in [7, 11) is -1.14. The van der Waals surface area contributed by atoms with Crippen molar-refractivity contribution in [2.45, 2.75) is 72.3 Å². The fraction of sp³-hybridized carbons (Fsp3) is 0.941. The van der Waals surface area contributed by atoms with Crippen LogP contribution in [-0.4, -0.2) is 46.0 Å². The number of hydrogen-bond acceptors (Lipinski definition) is 3. The number of aliphatic imine (C=N–C) groups is 1. The van der Waals surface area contributed by atoms with Crippen LogP contribution in [0.4, 0.5) is 0 Å². The van der Waals surface area contributed by atoms with E-state index in [2.05, 4.69) is 43.3 Å². The Morgan fingerprint density at radius 1 is 1.21 bits per heavy atom. The average molecular weight is 475 g/mol. The summed E-state index contributed by atoms with van der Waals surface area (Å²) in [6.45, 7) is 9.25. The number of nitrogens with zero attached hydrogens (tertiary/aromatic N) is 1. The van der Waals surface area contributed by atoms with E-state index >= 15 is 0 Å². The van der Waals surface area contributed by atoms with Crippen LogP contribution in [0.15, 0.2) is 4.99 Å². The first-order valence-corrected chi connectivity index (χ1v) is 10.8. The molecule has 7 heteroatoms. The van der Waals surface area contributed by atoms with Crippen molar-refractivity contribution in [1.82, 2.24) is 10.6 Å². The van der Waals surface area contributed by atoms with E-state index < -0.39 is 9.84 Å². The van der Waals surface area contributed by atoms with Gasteiger partial charge in [0.05, 0.1) is 5.75 Å². The summed E-state index contributed by atoms with van der Waals surface area (Å²) in [6.07, 6.45) is 8.14. The number of halogens is 1. The molecule has 0 rings (SSSR count). The lowest BCUT2D eigenvalue weighted by atomic mass is 9.90. The Balaban J connectivity index is 0. The van der Waals surface area contributed by atoms with Gasteiger partial charge < -0.3 is 10.6 Å². The smallest absolute Gasteiger partial charge is 0.191 e. The van der Waals surface area contributed by atoms with Gasteiger partial charge in [0.1, 0.15) is 9.84 Å². The maximum Gasteiger partial charge on any atom is 0.191 e. The molecule has 0 aliphatic heterocycles. The largest absolute Gasteiger partial charge is 0.356 e. The molecule has 0 spiro atoms. The van der Waals surface area contributed by atoms with Gasteiger partial charge in [0.2, 0.25) is 0 Å². The van der Waals surface area contributed by atoms with Crippen LogP contribution < -0.4 is 10.6 Å². The lowest BCUT2D eigenvalue weighted by Gasteiger charge is -2.26. The zero-order valence-corrected chi connectivity index (χ0v) is 19.5. The molecule has 24 heavy (non-hydrogen) atoms. The van der Waals surface area contributed by atoms with Crippen molar-refractivity contribution in [2.75, 3.05) is 25.6 Å². The summed E-state index contributed by atoms with van der Waals surface area (Å²) >= 11 is 0. The monoisotopic (exact) mass is 475 g/mol. The van der Waals surface area contributed by atoms with Crippen LogP contribution >= 0.6 is 24.0 Å². The van der Waals surface area contributed by atoms with Crippen LogP contribution in [0, 0.1) is 5.41 Å². The first kappa shape index (κ1) is 26.2. The Hall–Kier alpha value is -0.0500. The van der Waals surface area contributed by atoms with Gasteiger partial charge in [0.25, 0.3) is 0 Å². The molecule has 0 fully saturated rings. The third-order valence-electron chi connectivity index (χ3n) is 3.98. The molecule has 0 saturated heterocycles. The Kier molecular flexibility index (Phi) is 14.4. The number of unbranched alkanes of at least 4 members (excludes halogenated alkanes) is 3. The molecule has 0 bridgehead atoms. The molecule has 2 N–H and O–H groups in total. The molecule has 0 aromatic heterocycles. The zero-order chi connectivity index (χ0) is 17.9. The highest BCUT2D eigenvalue weighted by atomic mass is 127. The van der Waals surface area contributed by atoms with Crippen LogP contribution in [0.25, 0.3) is 0 Å². The van der Waals surface area contributed by atoms with Crippen LogP contribution in [0.3, 0.4) is 0 Å². The lowest BCUT2D eigenvalue weighted by molar-refractivity contribution is 0.347. The minimum atomic E-state index is -2.91. The fourth-order valence-electron chi connectivity index (χ4n) is 2.25. The van der Waals surface area contributed by atoms with Crippen molar-refractivity contribution >= 4 is 39.8 Å². The molecule has 0 aliphatic carbocycles. The van der Waals surface area contributed by atoms with E-state index in [0.717, 1.165) is 12.4 Å². The number of sulfone groups is 1. The van der Waals surface area contributed by atoms with Gasteiger partial charge in [-0.05, 0) is 25.2 Å². The molecular weight excluding hydrogens is 437 g/mol. The van der Waals surface area contributed by atoms with Crippen LogP contribution in [0.1, 0.15) is 66.2 Å². The van der Waals surface area contributed by atoms with Gasteiger partial charge in [-0.2, -0.15) is 0 Å². The first-order valence-electron chi connectivity index (χ1n) is 8.74. The van der Waals surface area contributed by atoms with E-state index in [9.17, 15) is 8.42 Å². The molecule has 0 amide bonds. The van der Waals surface area contributed by atoms with Crippen LogP contribution in [-0.2, 0) is 9.84 Å². The maximum absolute atomic E-state index is 11.3. The molecular formula is C17H38IN3O2S. The fourth-order valence-corrected chi connectivity index (χ4v) is 3.17. The Labute approximate surface area is 166 Å². The van der Waals surface area contributed by atoms with Crippen molar-refractivity contribution in [1.29, 1.82) is 0 Å². The normalized spacial score (nSPS) is 14.0. The average Bonchev–Trinajstić information content (AvgIpc) is 2.45. The molecule has 0 aromatic rings. The van der Waals surface area contributed by atoms with Gasteiger partial charge in [-0.15, -0.1) is 24.0 Å². The van der Waals surface area contributed by atoms with Crippen LogP contribution in [0.5, 0.6) is 0 Å².